The zero-order chi connectivity index (χ0) is 12.0. The van der Waals surface area contributed by atoms with Crippen LogP contribution in [0.1, 0.15) is 44.6 Å². The van der Waals surface area contributed by atoms with Crippen LogP contribution >= 0.6 is 15.9 Å². The Morgan fingerprint density at radius 1 is 1.00 bits per heavy atom. The van der Waals surface area contributed by atoms with Crippen LogP contribution in [0.5, 0.6) is 0 Å². The van der Waals surface area contributed by atoms with Gasteiger partial charge in [0.1, 0.15) is 0 Å². The summed E-state index contributed by atoms with van der Waals surface area (Å²) in [6, 6.07) is 3.22. The first-order chi connectivity index (χ1) is 7.66. The van der Waals surface area contributed by atoms with Gasteiger partial charge in [0.15, 0.2) is 11.6 Å². The molecule has 0 radical (unpaired) electrons. The van der Waals surface area contributed by atoms with Gasteiger partial charge in [-0.05, 0) is 40.4 Å². The summed E-state index contributed by atoms with van der Waals surface area (Å²) in [4.78, 5) is 0. The van der Waals surface area contributed by atoms with Crippen LogP contribution < -0.4 is 0 Å². The van der Waals surface area contributed by atoms with Crippen molar-refractivity contribution >= 4 is 15.9 Å². The average Bonchev–Trinajstić information content (AvgIpc) is 2.28. The predicted octanol–water partition coefficient (Wildman–Crippen LogP) is 5.24. The minimum absolute atomic E-state index is 0.194. The Labute approximate surface area is 104 Å². The number of aryl methyl sites for hydroxylation is 1. The van der Waals surface area contributed by atoms with E-state index in [0.29, 0.717) is 12.0 Å². The first-order valence-corrected chi connectivity index (χ1v) is 6.58. The SMILES string of the molecule is CCCCCCCc1ccc(Br)c(F)c1F. The fourth-order valence-electron chi connectivity index (χ4n) is 1.68. The fourth-order valence-corrected chi connectivity index (χ4v) is 1.98. The molecule has 0 unspecified atom stereocenters. The highest BCUT2D eigenvalue weighted by atomic mass is 79.9. The van der Waals surface area contributed by atoms with Crippen LogP contribution in [0.15, 0.2) is 16.6 Å². The number of benzene rings is 1. The zero-order valence-electron chi connectivity index (χ0n) is 9.53. The summed E-state index contributed by atoms with van der Waals surface area (Å²) in [7, 11) is 0. The number of unbranched alkanes of at least 4 members (excludes halogenated alkanes) is 4. The summed E-state index contributed by atoms with van der Waals surface area (Å²) >= 11 is 2.97. The molecule has 0 aliphatic carbocycles. The average molecular weight is 291 g/mol. The molecule has 0 nitrogen and oxygen atoms in total. The van der Waals surface area contributed by atoms with Crippen LogP contribution in [0.25, 0.3) is 0 Å². The van der Waals surface area contributed by atoms with Crippen molar-refractivity contribution in [1.82, 2.24) is 0 Å². The first kappa shape index (κ1) is 13.6. The molecule has 16 heavy (non-hydrogen) atoms. The van der Waals surface area contributed by atoms with Crippen LogP contribution in [0, 0.1) is 11.6 Å². The predicted molar refractivity (Wildman–Crippen MR) is 66.5 cm³/mol. The number of hydrogen-bond donors (Lipinski definition) is 0. The van der Waals surface area contributed by atoms with Gasteiger partial charge < -0.3 is 0 Å². The number of hydrogen-bond acceptors (Lipinski definition) is 0. The van der Waals surface area contributed by atoms with Crippen LogP contribution in [-0.4, -0.2) is 0 Å². The second kappa shape index (κ2) is 7.00. The van der Waals surface area contributed by atoms with Gasteiger partial charge in [0.05, 0.1) is 4.47 Å². The van der Waals surface area contributed by atoms with Crippen molar-refractivity contribution < 1.29 is 8.78 Å². The Kier molecular flexibility index (Phi) is 5.96. The summed E-state index contributed by atoms with van der Waals surface area (Å²) in [6.07, 6.45) is 6.23. The zero-order valence-corrected chi connectivity index (χ0v) is 11.1. The Hall–Kier alpha value is -0.440. The molecule has 0 spiro atoms. The summed E-state index contributed by atoms with van der Waals surface area (Å²) < 4.78 is 26.8. The van der Waals surface area contributed by atoms with E-state index in [2.05, 4.69) is 22.9 Å². The summed E-state index contributed by atoms with van der Waals surface area (Å²) in [6.45, 7) is 2.16. The molecule has 0 heterocycles. The van der Waals surface area contributed by atoms with Gasteiger partial charge in [0.2, 0.25) is 0 Å². The minimum Gasteiger partial charge on any atom is -0.203 e. The van der Waals surface area contributed by atoms with E-state index in [1.165, 1.54) is 19.3 Å². The van der Waals surface area contributed by atoms with Gasteiger partial charge in [-0.1, -0.05) is 38.7 Å². The van der Waals surface area contributed by atoms with Gasteiger partial charge in [-0.3, -0.25) is 0 Å². The van der Waals surface area contributed by atoms with Crippen molar-refractivity contribution in [1.29, 1.82) is 0 Å². The third-order valence-electron chi connectivity index (χ3n) is 2.66. The van der Waals surface area contributed by atoms with E-state index < -0.39 is 11.6 Å². The van der Waals surface area contributed by atoms with Crippen molar-refractivity contribution in [3.63, 3.8) is 0 Å². The van der Waals surface area contributed by atoms with E-state index >= 15 is 0 Å². The molecule has 0 N–H and O–H groups in total. The number of rotatable bonds is 6. The molecule has 0 bridgehead atoms. The van der Waals surface area contributed by atoms with Gasteiger partial charge in [-0.15, -0.1) is 0 Å². The molecular formula is C13H17BrF2. The lowest BCUT2D eigenvalue weighted by molar-refractivity contribution is 0.491. The Morgan fingerprint density at radius 3 is 2.38 bits per heavy atom. The maximum Gasteiger partial charge on any atom is 0.173 e. The van der Waals surface area contributed by atoms with Crippen molar-refractivity contribution in [2.45, 2.75) is 45.4 Å². The molecule has 3 heteroatoms. The van der Waals surface area contributed by atoms with Crippen molar-refractivity contribution in [3.8, 4) is 0 Å². The fraction of sp³-hybridized carbons (Fsp3) is 0.538. The molecule has 0 saturated heterocycles. The molecule has 0 amide bonds. The van der Waals surface area contributed by atoms with Gasteiger partial charge in [-0.2, -0.15) is 0 Å². The minimum atomic E-state index is -0.772. The molecule has 1 aromatic carbocycles. The summed E-state index contributed by atoms with van der Waals surface area (Å²) in [5, 5.41) is 0. The smallest absolute Gasteiger partial charge is 0.173 e. The van der Waals surface area contributed by atoms with Crippen LogP contribution in [-0.2, 0) is 6.42 Å². The quantitative estimate of drug-likeness (QED) is 0.496. The van der Waals surface area contributed by atoms with Crippen LogP contribution in [0.3, 0.4) is 0 Å². The van der Waals surface area contributed by atoms with Gasteiger partial charge in [-0.25, -0.2) is 8.78 Å². The first-order valence-electron chi connectivity index (χ1n) is 5.79. The molecule has 0 aliphatic heterocycles. The highest BCUT2D eigenvalue weighted by molar-refractivity contribution is 9.10. The molecule has 0 atom stereocenters. The monoisotopic (exact) mass is 290 g/mol. The second-order valence-corrected chi connectivity index (χ2v) is 4.85. The highest BCUT2D eigenvalue weighted by Crippen LogP contribution is 2.22. The standard InChI is InChI=1S/C13H17BrF2/c1-2-3-4-5-6-7-10-8-9-11(14)13(16)12(10)15/h8-9H,2-7H2,1H3. The van der Waals surface area contributed by atoms with E-state index in [1.54, 1.807) is 12.1 Å². The lowest BCUT2D eigenvalue weighted by Crippen LogP contribution is -1.95. The Morgan fingerprint density at radius 2 is 1.69 bits per heavy atom. The normalized spacial score (nSPS) is 10.8. The Balaban J connectivity index is 2.45. The molecule has 0 fully saturated rings. The maximum atomic E-state index is 13.4. The summed E-state index contributed by atoms with van der Waals surface area (Å²) in [5.74, 6) is -1.48. The van der Waals surface area contributed by atoms with Gasteiger partial charge in [0.25, 0.3) is 0 Å². The van der Waals surface area contributed by atoms with Gasteiger partial charge >= 0.3 is 0 Å². The van der Waals surface area contributed by atoms with E-state index in [9.17, 15) is 8.78 Å². The summed E-state index contributed by atoms with van der Waals surface area (Å²) in [5.41, 5.74) is 0.484. The van der Waals surface area contributed by atoms with Crippen molar-refractivity contribution in [2.24, 2.45) is 0 Å². The van der Waals surface area contributed by atoms with Crippen LogP contribution in [0.2, 0.25) is 0 Å². The second-order valence-electron chi connectivity index (χ2n) is 4.00. The highest BCUT2D eigenvalue weighted by Gasteiger charge is 2.10. The molecule has 90 valence electrons. The largest absolute Gasteiger partial charge is 0.203 e. The van der Waals surface area contributed by atoms with E-state index in [0.717, 1.165) is 12.8 Å². The molecule has 0 aromatic heterocycles. The lowest BCUT2D eigenvalue weighted by atomic mass is 10.1. The third kappa shape index (κ3) is 3.85. The topological polar surface area (TPSA) is 0 Å². The lowest BCUT2D eigenvalue weighted by Gasteiger charge is -2.05. The van der Waals surface area contributed by atoms with E-state index in [4.69, 9.17) is 0 Å². The van der Waals surface area contributed by atoms with Gasteiger partial charge in [0, 0.05) is 0 Å². The molecule has 0 saturated carbocycles. The Bertz CT molecular complexity index is 337. The molecule has 0 aliphatic rings. The van der Waals surface area contributed by atoms with Crippen molar-refractivity contribution in [2.75, 3.05) is 0 Å². The third-order valence-corrected chi connectivity index (χ3v) is 3.28. The molecule has 1 aromatic rings. The van der Waals surface area contributed by atoms with E-state index in [1.807, 2.05) is 0 Å². The van der Waals surface area contributed by atoms with Crippen LogP contribution in [0.4, 0.5) is 8.78 Å². The number of halogens is 3. The molecular weight excluding hydrogens is 274 g/mol. The maximum absolute atomic E-state index is 13.4. The van der Waals surface area contributed by atoms with E-state index in [-0.39, 0.29) is 4.47 Å². The molecule has 1 rings (SSSR count). The van der Waals surface area contributed by atoms with Crippen molar-refractivity contribution in [3.05, 3.63) is 33.8 Å².